The molecule has 1 aromatic carbocycles. The van der Waals surface area contributed by atoms with Crippen molar-refractivity contribution in [2.75, 3.05) is 27.3 Å². The summed E-state index contributed by atoms with van der Waals surface area (Å²) < 4.78 is 10.8. The van der Waals surface area contributed by atoms with Crippen LogP contribution in [0.25, 0.3) is 0 Å². The molecule has 14 heavy (non-hydrogen) atoms. The summed E-state index contributed by atoms with van der Waals surface area (Å²) in [5, 5.41) is 0. The van der Waals surface area contributed by atoms with E-state index in [0.717, 1.165) is 24.5 Å². The van der Waals surface area contributed by atoms with Crippen LogP contribution in [0.5, 0.6) is 5.75 Å². The number of ether oxygens (including phenoxy) is 2. The van der Waals surface area contributed by atoms with Crippen LogP contribution in [0.2, 0.25) is 0 Å². The normalized spacial score (nSPS) is 22.6. The minimum Gasteiger partial charge on any atom is -0.497 e. The van der Waals surface area contributed by atoms with Crippen LogP contribution in [0.15, 0.2) is 24.3 Å². The molecule has 1 saturated heterocycles. The van der Waals surface area contributed by atoms with Gasteiger partial charge in [-0.25, -0.2) is 0 Å². The van der Waals surface area contributed by atoms with Crippen molar-refractivity contribution in [1.82, 2.24) is 4.90 Å². The van der Waals surface area contributed by atoms with Crippen LogP contribution in [0.4, 0.5) is 0 Å². The molecule has 3 nitrogen and oxygen atoms in total. The van der Waals surface area contributed by atoms with Gasteiger partial charge in [0.15, 0.2) is 0 Å². The predicted molar refractivity (Wildman–Crippen MR) is 54.3 cm³/mol. The Hall–Kier alpha value is -1.06. The third-order valence-corrected chi connectivity index (χ3v) is 2.50. The Morgan fingerprint density at radius 3 is 3.00 bits per heavy atom. The topological polar surface area (TPSA) is 21.7 Å². The van der Waals surface area contributed by atoms with E-state index in [1.165, 1.54) is 0 Å². The molecule has 1 unspecified atom stereocenters. The van der Waals surface area contributed by atoms with Crippen LogP contribution in [0.1, 0.15) is 11.8 Å². The first-order valence-corrected chi connectivity index (χ1v) is 4.77. The monoisotopic (exact) mass is 193 g/mol. The number of likely N-dealkylation sites (N-methyl/N-ethyl adjacent to an activating group) is 1. The van der Waals surface area contributed by atoms with E-state index in [0.29, 0.717) is 0 Å². The maximum atomic E-state index is 5.62. The first-order valence-electron chi connectivity index (χ1n) is 4.77. The number of methoxy groups -OCH3 is 1. The smallest absolute Gasteiger partial charge is 0.136 e. The van der Waals surface area contributed by atoms with Crippen molar-refractivity contribution in [3.63, 3.8) is 0 Å². The molecule has 1 atom stereocenters. The van der Waals surface area contributed by atoms with Gasteiger partial charge in [-0.05, 0) is 24.7 Å². The van der Waals surface area contributed by atoms with Crippen molar-refractivity contribution in [1.29, 1.82) is 0 Å². The molecule has 1 fully saturated rings. The van der Waals surface area contributed by atoms with Gasteiger partial charge >= 0.3 is 0 Å². The molecule has 3 heteroatoms. The third kappa shape index (κ3) is 1.74. The van der Waals surface area contributed by atoms with Gasteiger partial charge in [-0.1, -0.05) is 12.1 Å². The molecule has 0 N–H and O–H groups in total. The summed E-state index contributed by atoms with van der Waals surface area (Å²) in [5.74, 6) is 0.881. The Balaban J connectivity index is 2.22. The second-order valence-electron chi connectivity index (χ2n) is 3.48. The molecule has 1 aromatic rings. The van der Waals surface area contributed by atoms with Crippen molar-refractivity contribution in [3.05, 3.63) is 29.8 Å². The van der Waals surface area contributed by atoms with Crippen LogP contribution in [0.3, 0.4) is 0 Å². The van der Waals surface area contributed by atoms with Crippen LogP contribution in [-0.2, 0) is 4.74 Å². The van der Waals surface area contributed by atoms with Crippen molar-refractivity contribution >= 4 is 0 Å². The Kier molecular flexibility index (Phi) is 2.70. The minimum atomic E-state index is 0.0881. The molecule has 0 aliphatic carbocycles. The number of rotatable bonds is 2. The number of hydrogen-bond acceptors (Lipinski definition) is 3. The summed E-state index contributed by atoms with van der Waals surface area (Å²) in [6.07, 6.45) is 0.0881. The van der Waals surface area contributed by atoms with E-state index >= 15 is 0 Å². The summed E-state index contributed by atoms with van der Waals surface area (Å²) in [7, 11) is 3.75. The van der Waals surface area contributed by atoms with Gasteiger partial charge < -0.3 is 9.47 Å². The maximum absolute atomic E-state index is 5.62. The van der Waals surface area contributed by atoms with Crippen LogP contribution in [-0.4, -0.2) is 32.2 Å². The molecule has 0 bridgehead atoms. The van der Waals surface area contributed by atoms with E-state index in [1.807, 2.05) is 18.2 Å². The maximum Gasteiger partial charge on any atom is 0.136 e. The summed E-state index contributed by atoms with van der Waals surface area (Å²) in [6.45, 7) is 1.79. The number of benzene rings is 1. The molecule has 0 radical (unpaired) electrons. The fraction of sp³-hybridized carbons (Fsp3) is 0.455. The molecule has 1 aliphatic heterocycles. The largest absolute Gasteiger partial charge is 0.497 e. The molecule has 0 spiro atoms. The average Bonchev–Trinajstić information content (AvgIpc) is 2.65. The Morgan fingerprint density at radius 1 is 1.50 bits per heavy atom. The number of nitrogens with zero attached hydrogens (tertiary/aromatic N) is 1. The highest BCUT2D eigenvalue weighted by molar-refractivity contribution is 5.29. The van der Waals surface area contributed by atoms with Crippen LogP contribution < -0.4 is 4.74 Å². The molecule has 0 aromatic heterocycles. The second-order valence-corrected chi connectivity index (χ2v) is 3.48. The summed E-state index contributed by atoms with van der Waals surface area (Å²) in [6, 6.07) is 8.02. The molecule has 0 saturated carbocycles. The quantitative estimate of drug-likeness (QED) is 0.713. The van der Waals surface area contributed by atoms with Crippen LogP contribution >= 0.6 is 0 Å². The molecule has 1 heterocycles. The minimum absolute atomic E-state index is 0.0881. The summed E-state index contributed by atoms with van der Waals surface area (Å²) in [5.41, 5.74) is 1.16. The highest BCUT2D eigenvalue weighted by Crippen LogP contribution is 2.27. The van der Waals surface area contributed by atoms with Gasteiger partial charge in [0.2, 0.25) is 0 Å². The fourth-order valence-corrected chi connectivity index (χ4v) is 1.70. The average molecular weight is 193 g/mol. The van der Waals surface area contributed by atoms with E-state index < -0.39 is 0 Å². The summed E-state index contributed by atoms with van der Waals surface area (Å²) >= 11 is 0. The van der Waals surface area contributed by atoms with E-state index in [2.05, 4.69) is 18.0 Å². The van der Waals surface area contributed by atoms with E-state index in [1.54, 1.807) is 7.11 Å². The van der Waals surface area contributed by atoms with Crippen molar-refractivity contribution in [2.24, 2.45) is 0 Å². The van der Waals surface area contributed by atoms with Gasteiger partial charge in [0.25, 0.3) is 0 Å². The van der Waals surface area contributed by atoms with Crippen molar-refractivity contribution in [2.45, 2.75) is 6.23 Å². The lowest BCUT2D eigenvalue weighted by atomic mass is 10.2. The SMILES string of the molecule is COc1cccc(C2OCCN2C)c1. The lowest BCUT2D eigenvalue weighted by Gasteiger charge is -2.18. The van der Waals surface area contributed by atoms with Gasteiger partial charge in [-0.3, -0.25) is 4.90 Å². The molecule has 1 aliphatic rings. The van der Waals surface area contributed by atoms with Gasteiger partial charge in [0.05, 0.1) is 13.7 Å². The van der Waals surface area contributed by atoms with Gasteiger partial charge in [0.1, 0.15) is 12.0 Å². The zero-order chi connectivity index (χ0) is 9.97. The molecule has 0 amide bonds. The molecular formula is C11H15NO2. The zero-order valence-corrected chi connectivity index (χ0v) is 8.56. The first-order chi connectivity index (χ1) is 6.81. The van der Waals surface area contributed by atoms with Gasteiger partial charge in [0, 0.05) is 6.54 Å². The van der Waals surface area contributed by atoms with Crippen molar-refractivity contribution < 1.29 is 9.47 Å². The van der Waals surface area contributed by atoms with E-state index in [4.69, 9.17) is 9.47 Å². The lowest BCUT2D eigenvalue weighted by Crippen LogP contribution is -2.18. The second kappa shape index (κ2) is 3.98. The highest BCUT2D eigenvalue weighted by Gasteiger charge is 2.23. The van der Waals surface area contributed by atoms with Crippen molar-refractivity contribution in [3.8, 4) is 5.75 Å². The van der Waals surface area contributed by atoms with E-state index in [-0.39, 0.29) is 6.23 Å². The first kappa shape index (κ1) is 9.49. The van der Waals surface area contributed by atoms with Crippen LogP contribution in [0, 0.1) is 0 Å². The Morgan fingerprint density at radius 2 is 2.36 bits per heavy atom. The van der Waals surface area contributed by atoms with E-state index in [9.17, 15) is 0 Å². The lowest BCUT2D eigenvalue weighted by molar-refractivity contribution is 0.0452. The third-order valence-electron chi connectivity index (χ3n) is 2.50. The summed E-state index contributed by atoms with van der Waals surface area (Å²) in [4.78, 5) is 2.19. The Labute approximate surface area is 84.2 Å². The molecule has 76 valence electrons. The van der Waals surface area contributed by atoms with Gasteiger partial charge in [-0.2, -0.15) is 0 Å². The predicted octanol–water partition coefficient (Wildman–Crippen LogP) is 1.66. The number of hydrogen-bond donors (Lipinski definition) is 0. The fourth-order valence-electron chi connectivity index (χ4n) is 1.70. The zero-order valence-electron chi connectivity index (χ0n) is 8.56. The Bertz CT molecular complexity index is 314. The molecule has 2 rings (SSSR count). The highest BCUT2D eigenvalue weighted by atomic mass is 16.5. The van der Waals surface area contributed by atoms with Gasteiger partial charge in [-0.15, -0.1) is 0 Å². The molecular weight excluding hydrogens is 178 g/mol. The standard InChI is InChI=1S/C11H15NO2/c1-12-6-7-14-11(12)9-4-3-5-10(8-9)13-2/h3-5,8,11H,6-7H2,1-2H3.